The van der Waals surface area contributed by atoms with Crippen LogP contribution in [0.3, 0.4) is 0 Å². The Morgan fingerprint density at radius 2 is 2.11 bits per heavy atom. The second kappa shape index (κ2) is 7.61. The first-order chi connectivity index (χ1) is 8.93. The van der Waals surface area contributed by atoms with E-state index in [1.807, 2.05) is 6.07 Å². The molecule has 3 heteroatoms. The first kappa shape index (κ1) is 16.1. The van der Waals surface area contributed by atoms with Crippen molar-refractivity contribution in [3.05, 3.63) is 35.6 Å². The Balaban J connectivity index is 2.30. The number of rotatable bonds is 8. The summed E-state index contributed by atoms with van der Waals surface area (Å²) in [6, 6.07) is 7.19. The summed E-state index contributed by atoms with van der Waals surface area (Å²) >= 11 is 0. The summed E-state index contributed by atoms with van der Waals surface area (Å²) in [6.07, 6.45) is 2.67. The third kappa shape index (κ3) is 6.69. The van der Waals surface area contributed by atoms with Crippen molar-refractivity contribution in [2.24, 2.45) is 5.41 Å². The van der Waals surface area contributed by atoms with Crippen LogP contribution in [0.15, 0.2) is 24.3 Å². The van der Waals surface area contributed by atoms with E-state index >= 15 is 0 Å². The zero-order valence-electron chi connectivity index (χ0n) is 12.2. The number of benzene rings is 1. The van der Waals surface area contributed by atoms with Crippen molar-refractivity contribution in [3.63, 3.8) is 0 Å². The van der Waals surface area contributed by atoms with Crippen LogP contribution in [0.4, 0.5) is 4.39 Å². The van der Waals surface area contributed by atoms with Crippen molar-refractivity contribution in [2.45, 2.75) is 46.1 Å². The van der Waals surface area contributed by atoms with Crippen LogP contribution in [-0.4, -0.2) is 24.3 Å². The van der Waals surface area contributed by atoms with Gasteiger partial charge in [0.15, 0.2) is 0 Å². The van der Waals surface area contributed by atoms with Crippen LogP contribution in [0.1, 0.15) is 39.2 Å². The number of nitrogens with one attached hydrogen (secondary N) is 1. The summed E-state index contributed by atoms with van der Waals surface area (Å²) in [5, 5.41) is 12.5. The fraction of sp³-hybridized carbons (Fsp3) is 0.625. The lowest BCUT2D eigenvalue weighted by Crippen LogP contribution is -2.36. The van der Waals surface area contributed by atoms with E-state index in [2.05, 4.69) is 26.1 Å². The predicted octanol–water partition coefficient (Wildman–Crippen LogP) is 3.15. The van der Waals surface area contributed by atoms with E-state index in [4.69, 9.17) is 5.11 Å². The number of aliphatic hydroxyl groups is 1. The minimum Gasteiger partial charge on any atom is -0.396 e. The molecule has 1 aromatic carbocycles. The van der Waals surface area contributed by atoms with Gasteiger partial charge < -0.3 is 10.4 Å². The van der Waals surface area contributed by atoms with Gasteiger partial charge in [-0.2, -0.15) is 0 Å². The Hall–Kier alpha value is -0.930. The quantitative estimate of drug-likeness (QED) is 0.758. The van der Waals surface area contributed by atoms with Gasteiger partial charge in [-0.1, -0.05) is 26.0 Å². The van der Waals surface area contributed by atoms with Crippen molar-refractivity contribution in [1.82, 2.24) is 5.32 Å². The molecule has 0 saturated carbocycles. The molecule has 0 aliphatic carbocycles. The molecule has 0 heterocycles. The van der Waals surface area contributed by atoms with Crippen LogP contribution in [-0.2, 0) is 6.42 Å². The van der Waals surface area contributed by atoms with Crippen molar-refractivity contribution in [2.75, 3.05) is 13.2 Å². The fourth-order valence-electron chi connectivity index (χ4n) is 2.02. The number of hydrogen-bond acceptors (Lipinski definition) is 2. The highest BCUT2D eigenvalue weighted by atomic mass is 19.1. The van der Waals surface area contributed by atoms with E-state index in [0.29, 0.717) is 6.04 Å². The molecule has 0 aromatic heterocycles. The second-order valence-corrected chi connectivity index (χ2v) is 6.09. The standard InChI is InChI=1S/C16H26FNO/c1-13(18-12-16(2,3)9-10-19)7-8-14-5-4-6-15(17)11-14/h4-6,11,13,18-19H,7-10,12H2,1-3H3. The molecule has 0 radical (unpaired) electrons. The molecule has 0 bridgehead atoms. The van der Waals surface area contributed by atoms with Gasteiger partial charge in [0, 0.05) is 19.2 Å². The Kier molecular flexibility index (Phi) is 6.46. The monoisotopic (exact) mass is 267 g/mol. The lowest BCUT2D eigenvalue weighted by Gasteiger charge is -2.26. The normalized spacial score (nSPS) is 13.5. The average molecular weight is 267 g/mol. The Bertz CT molecular complexity index is 379. The molecular weight excluding hydrogens is 241 g/mol. The van der Waals surface area contributed by atoms with Gasteiger partial charge >= 0.3 is 0 Å². The van der Waals surface area contributed by atoms with E-state index < -0.39 is 0 Å². The third-order valence-electron chi connectivity index (χ3n) is 3.47. The van der Waals surface area contributed by atoms with E-state index in [1.54, 1.807) is 12.1 Å². The molecule has 108 valence electrons. The van der Waals surface area contributed by atoms with Crippen LogP contribution in [0.2, 0.25) is 0 Å². The molecule has 2 nitrogen and oxygen atoms in total. The summed E-state index contributed by atoms with van der Waals surface area (Å²) in [5.41, 5.74) is 1.16. The number of aliphatic hydroxyl groups excluding tert-OH is 1. The molecule has 0 aliphatic rings. The number of hydrogen-bond donors (Lipinski definition) is 2. The third-order valence-corrected chi connectivity index (χ3v) is 3.47. The summed E-state index contributed by atoms with van der Waals surface area (Å²) < 4.78 is 13.0. The van der Waals surface area contributed by atoms with Crippen molar-refractivity contribution in [1.29, 1.82) is 0 Å². The molecule has 1 atom stereocenters. The zero-order valence-corrected chi connectivity index (χ0v) is 12.2. The lowest BCUT2D eigenvalue weighted by molar-refractivity contribution is 0.203. The minimum absolute atomic E-state index is 0.113. The summed E-state index contributed by atoms with van der Waals surface area (Å²) in [6.45, 7) is 7.56. The van der Waals surface area contributed by atoms with Crippen LogP contribution in [0.25, 0.3) is 0 Å². The van der Waals surface area contributed by atoms with Gasteiger partial charge in [0.25, 0.3) is 0 Å². The van der Waals surface area contributed by atoms with Crippen LogP contribution in [0, 0.1) is 11.2 Å². The molecule has 0 aliphatic heterocycles. The SMILES string of the molecule is CC(CCc1cccc(F)c1)NCC(C)(C)CCO. The number of aryl methyl sites for hydroxylation is 1. The predicted molar refractivity (Wildman–Crippen MR) is 77.7 cm³/mol. The van der Waals surface area contributed by atoms with Gasteiger partial charge in [-0.15, -0.1) is 0 Å². The highest BCUT2D eigenvalue weighted by Gasteiger charge is 2.17. The smallest absolute Gasteiger partial charge is 0.123 e. The summed E-state index contributed by atoms with van der Waals surface area (Å²) in [4.78, 5) is 0. The Morgan fingerprint density at radius 3 is 2.74 bits per heavy atom. The van der Waals surface area contributed by atoms with Crippen molar-refractivity contribution in [3.8, 4) is 0 Å². The van der Waals surface area contributed by atoms with Gasteiger partial charge in [0.1, 0.15) is 5.82 Å². The van der Waals surface area contributed by atoms with Gasteiger partial charge in [-0.3, -0.25) is 0 Å². The maximum atomic E-state index is 13.0. The van der Waals surface area contributed by atoms with E-state index in [-0.39, 0.29) is 17.8 Å². The molecule has 1 aromatic rings. The first-order valence-electron chi connectivity index (χ1n) is 7.02. The molecule has 0 spiro atoms. The van der Waals surface area contributed by atoms with E-state index in [9.17, 15) is 4.39 Å². The van der Waals surface area contributed by atoms with Gasteiger partial charge in [-0.25, -0.2) is 4.39 Å². The molecule has 1 rings (SSSR count). The molecule has 2 N–H and O–H groups in total. The zero-order chi connectivity index (χ0) is 14.3. The summed E-state index contributed by atoms with van der Waals surface area (Å²) in [7, 11) is 0. The van der Waals surface area contributed by atoms with Crippen molar-refractivity contribution < 1.29 is 9.50 Å². The van der Waals surface area contributed by atoms with Crippen molar-refractivity contribution >= 4 is 0 Å². The minimum atomic E-state index is -0.165. The molecule has 0 saturated heterocycles. The van der Waals surface area contributed by atoms with Crippen LogP contribution in [0.5, 0.6) is 0 Å². The highest BCUT2D eigenvalue weighted by Crippen LogP contribution is 2.18. The van der Waals surface area contributed by atoms with E-state index in [1.165, 1.54) is 6.07 Å². The van der Waals surface area contributed by atoms with Gasteiger partial charge in [0.05, 0.1) is 0 Å². The maximum Gasteiger partial charge on any atom is 0.123 e. The molecular formula is C16H26FNO. The van der Waals surface area contributed by atoms with Crippen LogP contribution < -0.4 is 5.32 Å². The number of halogens is 1. The molecule has 19 heavy (non-hydrogen) atoms. The topological polar surface area (TPSA) is 32.3 Å². The Labute approximate surface area is 116 Å². The average Bonchev–Trinajstić information content (AvgIpc) is 2.34. The van der Waals surface area contributed by atoms with Gasteiger partial charge in [0.2, 0.25) is 0 Å². The molecule has 0 amide bonds. The fourth-order valence-corrected chi connectivity index (χ4v) is 2.02. The first-order valence-corrected chi connectivity index (χ1v) is 7.02. The van der Waals surface area contributed by atoms with E-state index in [0.717, 1.165) is 31.4 Å². The summed E-state index contributed by atoms with van der Waals surface area (Å²) in [5.74, 6) is -0.165. The van der Waals surface area contributed by atoms with Crippen LogP contribution >= 0.6 is 0 Å². The van der Waals surface area contributed by atoms with Gasteiger partial charge in [-0.05, 0) is 49.3 Å². The second-order valence-electron chi connectivity index (χ2n) is 6.09. The Morgan fingerprint density at radius 1 is 1.37 bits per heavy atom. The lowest BCUT2D eigenvalue weighted by atomic mass is 9.89. The highest BCUT2D eigenvalue weighted by molar-refractivity contribution is 5.16. The largest absolute Gasteiger partial charge is 0.396 e. The molecule has 1 unspecified atom stereocenters. The maximum absolute atomic E-state index is 13.0. The molecule has 0 fully saturated rings.